The average molecular weight is 515 g/mol. The molecular weight excluding hydrogens is 503 g/mol. The summed E-state index contributed by atoms with van der Waals surface area (Å²) in [5.74, 6) is 0. The van der Waals surface area contributed by atoms with Gasteiger partial charge in [0.2, 0.25) is 0 Å². The van der Waals surface area contributed by atoms with E-state index in [4.69, 9.17) is 23.2 Å². The van der Waals surface area contributed by atoms with E-state index in [2.05, 4.69) is 0 Å². The highest BCUT2D eigenvalue weighted by Crippen LogP contribution is 2.27. The Balaban J connectivity index is 2.03. The van der Waals surface area contributed by atoms with Crippen LogP contribution in [0.1, 0.15) is 0 Å². The third-order valence-electron chi connectivity index (χ3n) is 4.26. The van der Waals surface area contributed by atoms with E-state index in [1.807, 2.05) is 0 Å². The summed E-state index contributed by atoms with van der Waals surface area (Å²) in [6.07, 6.45) is 0. The lowest BCUT2D eigenvalue weighted by Gasteiger charge is -2.23. The van der Waals surface area contributed by atoms with E-state index >= 15 is 0 Å². The molecule has 0 N–H and O–H groups in total. The third-order valence-corrected chi connectivity index (χ3v) is 10.1. The van der Waals surface area contributed by atoms with Crippen molar-refractivity contribution in [1.82, 2.24) is 4.07 Å². The SMILES string of the molecule is O=c1c2ccccc2sn1N(S(=O)(=O)c1ccc(Cl)cc1)S(=O)(=O)c1ccc(Cl)cc1. The number of sulfonamides is 2. The zero-order chi connectivity index (χ0) is 22.4. The highest BCUT2D eigenvalue weighted by molar-refractivity contribution is 8.09. The molecule has 0 aliphatic carbocycles. The van der Waals surface area contributed by atoms with Crippen LogP contribution in [0.4, 0.5) is 0 Å². The first kappa shape index (κ1) is 21.8. The van der Waals surface area contributed by atoms with Crippen LogP contribution in [0.2, 0.25) is 10.0 Å². The Morgan fingerprint density at radius 2 is 1.16 bits per heavy atom. The van der Waals surface area contributed by atoms with E-state index in [9.17, 15) is 21.6 Å². The van der Waals surface area contributed by atoms with Crippen molar-refractivity contribution in [3.8, 4) is 0 Å². The zero-order valence-electron chi connectivity index (χ0n) is 15.3. The maximum Gasteiger partial charge on any atom is 0.292 e. The molecule has 0 atom stereocenters. The molecule has 0 bridgehead atoms. The van der Waals surface area contributed by atoms with E-state index in [-0.39, 0.29) is 29.0 Å². The molecule has 0 aliphatic heterocycles. The molecule has 1 aromatic heterocycles. The second-order valence-electron chi connectivity index (χ2n) is 6.26. The first-order chi connectivity index (χ1) is 14.6. The van der Waals surface area contributed by atoms with Gasteiger partial charge in [-0.1, -0.05) is 39.2 Å². The van der Waals surface area contributed by atoms with Crippen molar-refractivity contribution in [2.24, 2.45) is 0 Å². The summed E-state index contributed by atoms with van der Waals surface area (Å²) in [5, 5.41) is 0.727. The lowest BCUT2D eigenvalue weighted by Crippen LogP contribution is -2.48. The smallest absolute Gasteiger partial charge is 0.266 e. The summed E-state index contributed by atoms with van der Waals surface area (Å²) >= 11 is 12.4. The van der Waals surface area contributed by atoms with Gasteiger partial charge in [0.05, 0.1) is 19.9 Å². The Bertz CT molecular complexity index is 1470. The van der Waals surface area contributed by atoms with E-state index < -0.39 is 25.6 Å². The Hall–Kier alpha value is -2.37. The van der Waals surface area contributed by atoms with Crippen LogP contribution >= 0.6 is 34.7 Å². The number of nitrogens with zero attached hydrogens (tertiary/aromatic N) is 2. The molecule has 3 aromatic carbocycles. The third kappa shape index (κ3) is 3.85. The minimum atomic E-state index is -4.73. The van der Waals surface area contributed by atoms with E-state index in [0.29, 0.717) is 20.3 Å². The van der Waals surface area contributed by atoms with Crippen LogP contribution in [0.3, 0.4) is 0 Å². The largest absolute Gasteiger partial charge is 0.292 e. The summed E-state index contributed by atoms with van der Waals surface area (Å²) < 4.78 is 55.1. The highest BCUT2D eigenvalue weighted by atomic mass is 35.5. The molecule has 0 radical (unpaired) electrons. The van der Waals surface area contributed by atoms with Gasteiger partial charge >= 0.3 is 0 Å². The van der Waals surface area contributed by atoms with Crippen LogP contribution in [-0.4, -0.2) is 20.9 Å². The topological polar surface area (TPSA) is 93.5 Å². The lowest BCUT2D eigenvalue weighted by molar-refractivity contribution is 0.570. The van der Waals surface area contributed by atoms with Gasteiger partial charge in [0.15, 0.2) is 0 Å². The molecule has 7 nitrogen and oxygen atoms in total. The number of hydrogen-bond donors (Lipinski definition) is 0. The Morgan fingerprint density at radius 1 is 0.710 bits per heavy atom. The van der Waals surface area contributed by atoms with Crippen molar-refractivity contribution in [3.63, 3.8) is 0 Å². The quantitative estimate of drug-likeness (QED) is 0.399. The number of fused-ring (bicyclic) bond motifs is 1. The molecular formula is C19H12Cl2N2O5S3. The van der Waals surface area contributed by atoms with Crippen molar-refractivity contribution in [2.45, 2.75) is 9.79 Å². The van der Waals surface area contributed by atoms with Gasteiger partial charge < -0.3 is 0 Å². The number of aromatic nitrogens is 1. The molecule has 0 saturated carbocycles. The fourth-order valence-corrected chi connectivity index (χ4v) is 8.00. The molecule has 12 heteroatoms. The van der Waals surface area contributed by atoms with Gasteiger partial charge in [0.1, 0.15) is 0 Å². The predicted octanol–water partition coefficient (Wildman–Crippen LogP) is 4.09. The van der Waals surface area contributed by atoms with Crippen molar-refractivity contribution >= 4 is 64.9 Å². The molecule has 0 spiro atoms. The lowest BCUT2D eigenvalue weighted by atomic mass is 10.3. The fourth-order valence-electron chi connectivity index (χ4n) is 2.79. The van der Waals surface area contributed by atoms with Crippen LogP contribution in [-0.2, 0) is 20.0 Å². The molecule has 0 unspecified atom stereocenters. The first-order valence-electron chi connectivity index (χ1n) is 8.55. The maximum absolute atomic E-state index is 13.5. The first-order valence-corrected chi connectivity index (χ1v) is 13.0. The van der Waals surface area contributed by atoms with Gasteiger partial charge in [-0.15, -0.1) is 4.07 Å². The van der Waals surface area contributed by atoms with Gasteiger partial charge in [-0.25, -0.2) is 0 Å². The summed E-state index contributed by atoms with van der Waals surface area (Å²) in [7, 11) is -9.46. The molecule has 0 fully saturated rings. The summed E-state index contributed by atoms with van der Waals surface area (Å²) in [6, 6.07) is 16.3. The van der Waals surface area contributed by atoms with Gasteiger partial charge in [-0.05, 0) is 72.2 Å². The van der Waals surface area contributed by atoms with Crippen molar-refractivity contribution in [3.05, 3.63) is 93.2 Å². The molecule has 4 rings (SSSR count). The van der Waals surface area contributed by atoms with Crippen LogP contribution in [0.25, 0.3) is 10.1 Å². The number of hydrogen-bond acceptors (Lipinski definition) is 6. The van der Waals surface area contributed by atoms with Crippen molar-refractivity contribution < 1.29 is 16.8 Å². The van der Waals surface area contributed by atoms with Gasteiger partial charge in [-0.2, -0.15) is 16.8 Å². The normalized spacial score (nSPS) is 12.2. The van der Waals surface area contributed by atoms with Crippen LogP contribution < -0.4 is 9.38 Å². The van der Waals surface area contributed by atoms with Gasteiger partial charge in [-0.3, -0.25) is 4.79 Å². The van der Waals surface area contributed by atoms with Crippen LogP contribution in [0, 0.1) is 0 Å². The summed E-state index contributed by atoms with van der Waals surface area (Å²) in [5.41, 5.74) is -0.782. The molecule has 0 saturated heterocycles. The van der Waals surface area contributed by atoms with Crippen LogP contribution in [0.5, 0.6) is 0 Å². The Labute approximate surface area is 191 Å². The molecule has 4 aromatic rings. The van der Waals surface area contributed by atoms with E-state index in [1.165, 1.54) is 54.6 Å². The molecule has 1 heterocycles. The molecule has 31 heavy (non-hydrogen) atoms. The van der Waals surface area contributed by atoms with Gasteiger partial charge in [0.25, 0.3) is 25.6 Å². The molecule has 0 amide bonds. The van der Waals surface area contributed by atoms with Crippen molar-refractivity contribution in [2.75, 3.05) is 3.82 Å². The van der Waals surface area contributed by atoms with E-state index in [1.54, 1.807) is 18.2 Å². The zero-order valence-corrected chi connectivity index (χ0v) is 19.3. The van der Waals surface area contributed by atoms with Gasteiger partial charge in [0, 0.05) is 10.0 Å². The molecule has 0 aliphatic rings. The Morgan fingerprint density at radius 3 is 1.61 bits per heavy atom. The number of benzene rings is 3. The second-order valence-corrected chi connectivity index (χ2v) is 11.9. The van der Waals surface area contributed by atoms with E-state index in [0.717, 1.165) is 0 Å². The highest BCUT2D eigenvalue weighted by Gasteiger charge is 2.39. The second kappa shape index (κ2) is 7.95. The fraction of sp³-hybridized carbons (Fsp3) is 0. The standard InChI is InChI=1S/C19H12Cl2N2O5S3/c20-13-5-9-15(10-6-13)30(25,26)23(31(27,28)16-11-7-14(21)8-12-16)22-19(24)17-3-1-2-4-18(17)29-22/h1-12H. The Kier molecular flexibility index (Phi) is 5.61. The number of halogens is 2. The maximum atomic E-state index is 13.5. The van der Waals surface area contributed by atoms with Crippen molar-refractivity contribution in [1.29, 1.82) is 0 Å². The number of rotatable bonds is 5. The predicted molar refractivity (Wildman–Crippen MR) is 122 cm³/mol. The monoisotopic (exact) mass is 514 g/mol. The molecule has 160 valence electrons. The summed E-state index contributed by atoms with van der Waals surface area (Å²) in [6.45, 7) is 0. The summed E-state index contributed by atoms with van der Waals surface area (Å²) in [4.78, 5) is 12.3. The minimum absolute atomic E-state index is 0.111. The average Bonchev–Trinajstić information content (AvgIpc) is 3.04. The van der Waals surface area contributed by atoms with Crippen LogP contribution in [0.15, 0.2) is 87.4 Å². The minimum Gasteiger partial charge on any atom is -0.266 e.